The van der Waals surface area contributed by atoms with E-state index in [0.29, 0.717) is 11.5 Å². The second-order valence-electron chi connectivity index (χ2n) is 6.72. The molecule has 0 spiro atoms. The fourth-order valence-corrected chi connectivity index (χ4v) is 3.77. The van der Waals surface area contributed by atoms with Crippen LogP contribution in [0, 0.1) is 5.41 Å². The van der Waals surface area contributed by atoms with Gasteiger partial charge < -0.3 is 10.5 Å². The molecule has 17 heavy (non-hydrogen) atoms. The molecule has 0 aromatic carbocycles. The normalized spacial score (nSPS) is 38.5. The zero-order valence-electron chi connectivity index (χ0n) is 11.7. The number of likely N-dealkylation sites (tertiary alicyclic amines) is 1. The third-order valence-corrected chi connectivity index (χ3v) is 4.84. The van der Waals surface area contributed by atoms with Crippen molar-refractivity contribution in [3.05, 3.63) is 0 Å². The molecule has 1 saturated heterocycles. The van der Waals surface area contributed by atoms with Gasteiger partial charge >= 0.3 is 0 Å². The summed E-state index contributed by atoms with van der Waals surface area (Å²) in [6, 6.07) is 0. The van der Waals surface area contributed by atoms with Crippen molar-refractivity contribution in [3.8, 4) is 0 Å². The molecular weight excluding hydrogens is 212 g/mol. The van der Waals surface area contributed by atoms with Crippen LogP contribution in [0.15, 0.2) is 0 Å². The van der Waals surface area contributed by atoms with Crippen molar-refractivity contribution in [2.24, 2.45) is 11.1 Å². The standard InChI is InChI=1S/C14H28N2O/c1-13(2)6-7-14(10-13,11-15)16-8-4-5-12(9-16)17-3/h12H,4-11,15H2,1-3H3. The summed E-state index contributed by atoms with van der Waals surface area (Å²) in [5, 5.41) is 0. The monoisotopic (exact) mass is 240 g/mol. The highest BCUT2D eigenvalue weighted by Crippen LogP contribution is 2.46. The minimum absolute atomic E-state index is 0.251. The van der Waals surface area contributed by atoms with Crippen molar-refractivity contribution in [3.63, 3.8) is 0 Å². The van der Waals surface area contributed by atoms with Crippen molar-refractivity contribution in [1.82, 2.24) is 4.90 Å². The molecule has 2 fully saturated rings. The zero-order valence-corrected chi connectivity index (χ0v) is 11.7. The summed E-state index contributed by atoms with van der Waals surface area (Å²) < 4.78 is 5.54. The molecule has 0 radical (unpaired) electrons. The van der Waals surface area contributed by atoms with Gasteiger partial charge in [-0.25, -0.2) is 0 Å². The second-order valence-corrected chi connectivity index (χ2v) is 6.72. The number of rotatable bonds is 3. The van der Waals surface area contributed by atoms with Gasteiger partial charge in [-0.3, -0.25) is 4.90 Å². The van der Waals surface area contributed by atoms with E-state index < -0.39 is 0 Å². The minimum atomic E-state index is 0.251. The summed E-state index contributed by atoms with van der Waals surface area (Å²) >= 11 is 0. The van der Waals surface area contributed by atoms with E-state index >= 15 is 0 Å². The lowest BCUT2D eigenvalue weighted by atomic mass is 9.85. The first-order valence-corrected chi connectivity index (χ1v) is 6.99. The molecule has 2 unspecified atom stereocenters. The Morgan fingerprint density at radius 3 is 2.65 bits per heavy atom. The molecule has 0 bridgehead atoms. The van der Waals surface area contributed by atoms with Gasteiger partial charge in [0.2, 0.25) is 0 Å². The molecule has 1 aliphatic heterocycles. The molecule has 3 heteroatoms. The van der Waals surface area contributed by atoms with E-state index in [-0.39, 0.29) is 5.54 Å². The van der Waals surface area contributed by atoms with Crippen LogP contribution >= 0.6 is 0 Å². The summed E-state index contributed by atoms with van der Waals surface area (Å²) in [7, 11) is 1.84. The Morgan fingerprint density at radius 1 is 1.35 bits per heavy atom. The number of piperidine rings is 1. The molecule has 2 aliphatic rings. The van der Waals surface area contributed by atoms with E-state index in [4.69, 9.17) is 10.5 Å². The molecule has 2 atom stereocenters. The number of nitrogens with two attached hydrogens (primary N) is 1. The molecule has 0 aromatic heterocycles. The molecule has 2 rings (SSSR count). The van der Waals surface area contributed by atoms with Gasteiger partial charge in [-0.2, -0.15) is 0 Å². The summed E-state index contributed by atoms with van der Waals surface area (Å²) in [4.78, 5) is 2.62. The predicted molar refractivity (Wildman–Crippen MR) is 71.0 cm³/mol. The van der Waals surface area contributed by atoms with Gasteiger partial charge in [0.05, 0.1) is 6.10 Å². The first-order chi connectivity index (χ1) is 8.01. The van der Waals surface area contributed by atoms with Gasteiger partial charge in [0.25, 0.3) is 0 Å². The Morgan fingerprint density at radius 2 is 2.12 bits per heavy atom. The molecule has 0 aromatic rings. The van der Waals surface area contributed by atoms with Crippen molar-refractivity contribution in [1.29, 1.82) is 0 Å². The third kappa shape index (κ3) is 2.67. The molecule has 1 heterocycles. The van der Waals surface area contributed by atoms with Crippen LogP contribution in [-0.2, 0) is 4.74 Å². The van der Waals surface area contributed by atoms with E-state index in [2.05, 4.69) is 18.7 Å². The summed E-state index contributed by atoms with van der Waals surface area (Å²) in [5.74, 6) is 0. The number of hydrogen-bond donors (Lipinski definition) is 1. The predicted octanol–water partition coefficient (Wildman–Crippen LogP) is 2.00. The smallest absolute Gasteiger partial charge is 0.0698 e. The highest BCUT2D eigenvalue weighted by Gasteiger charge is 2.47. The molecule has 2 N–H and O–H groups in total. The first kappa shape index (κ1) is 13.3. The average molecular weight is 240 g/mol. The average Bonchev–Trinajstić information content (AvgIpc) is 2.66. The van der Waals surface area contributed by atoms with Crippen molar-refractivity contribution in [2.75, 3.05) is 26.7 Å². The lowest BCUT2D eigenvalue weighted by molar-refractivity contribution is -0.0182. The Bertz CT molecular complexity index is 267. The van der Waals surface area contributed by atoms with Gasteiger partial charge in [-0.1, -0.05) is 13.8 Å². The van der Waals surface area contributed by atoms with Gasteiger partial charge in [-0.15, -0.1) is 0 Å². The van der Waals surface area contributed by atoms with Crippen LogP contribution < -0.4 is 5.73 Å². The van der Waals surface area contributed by atoms with E-state index in [9.17, 15) is 0 Å². The number of nitrogens with zero attached hydrogens (tertiary/aromatic N) is 1. The van der Waals surface area contributed by atoms with Crippen LogP contribution in [0.4, 0.5) is 0 Å². The highest BCUT2D eigenvalue weighted by atomic mass is 16.5. The minimum Gasteiger partial charge on any atom is -0.380 e. The van der Waals surface area contributed by atoms with Crippen LogP contribution in [0.3, 0.4) is 0 Å². The van der Waals surface area contributed by atoms with E-state index in [0.717, 1.165) is 13.1 Å². The van der Waals surface area contributed by atoms with Gasteiger partial charge in [0, 0.05) is 25.7 Å². The Kier molecular flexibility index (Phi) is 3.81. The molecule has 3 nitrogen and oxygen atoms in total. The quantitative estimate of drug-likeness (QED) is 0.820. The van der Waals surface area contributed by atoms with Crippen LogP contribution in [0.1, 0.15) is 46.0 Å². The zero-order chi connectivity index (χ0) is 12.5. The van der Waals surface area contributed by atoms with Crippen molar-refractivity contribution < 1.29 is 4.74 Å². The first-order valence-electron chi connectivity index (χ1n) is 6.99. The molecule has 1 saturated carbocycles. The lowest BCUT2D eigenvalue weighted by Gasteiger charge is -2.45. The molecule has 1 aliphatic carbocycles. The maximum Gasteiger partial charge on any atom is 0.0698 e. The second kappa shape index (κ2) is 4.87. The third-order valence-electron chi connectivity index (χ3n) is 4.84. The van der Waals surface area contributed by atoms with Crippen molar-refractivity contribution in [2.45, 2.75) is 57.6 Å². The Labute approximate surface area is 106 Å². The fourth-order valence-electron chi connectivity index (χ4n) is 3.77. The summed E-state index contributed by atoms with van der Waals surface area (Å²) in [5.41, 5.74) is 6.83. The molecule has 100 valence electrons. The van der Waals surface area contributed by atoms with Crippen LogP contribution in [0.2, 0.25) is 0 Å². The number of hydrogen-bond acceptors (Lipinski definition) is 3. The van der Waals surface area contributed by atoms with Gasteiger partial charge in [0.15, 0.2) is 0 Å². The topological polar surface area (TPSA) is 38.5 Å². The SMILES string of the molecule is COC1CCCN(C2(CN)CCC(C)(C)C2)C1. The molecule has 0 amide bonds. The largest absolute Gasteiger partial charge is 0.380 e. The van der Waals surface area contributed by atoms with E-state index in [1.54, 1.807) is 0 Å². The lowest BCUT2D eigenvalue weighted by Crippen LogP contribution is -2.57. The van der Waals surface area contributed by atoms with E-state index in [1.165, 1.54) is 38.6 Å². The van der Waals surface area contributed by atoms with Gasteiger partial charge in [-0.05, 0) is 44.1 Å². The number of ether oxygens (including phenoxy) is 1. The Hall–Kier alpha value is -0.120. The maximum absolute atomic E-state index is 6.13. The van der Waals surface area contributed by atoms with Gasteiger partial charge in [0.1, 0.15) is 0 Å². The number of methoxy groups -OCH3 is 1. The fraction of sp³-hybridized carbons (Fsp3) is 1.00. The van der Waals surface area contributed by atoms with Crippen molar-refractivity contribution >= 4 is 0 Å². The van der Waals surface area contributed by atoms with Crippen LogP contribution in [-0.4, -0.2) is 43.3 Å². The highest BCUT2D eigenvalue weighted by molar-refractivity contribution is 5.03. The van der Waals surface area contributed by atoms with E-state index in [1.807, 2.05) is 7.11 Å². The van der Waals surface area contributed by atoms with Crippen LogP contribution in [0.5, 0.6) is 0 Å². The van der Waals surface area contributed by atoms with Crippen LogP contribution in [0.25, 0.3) is 0 Å². The molecular formula is C14H28N2O. The Balaban J connectivity index is 2.08. The summed E-state index contributed by atoms with van der Waals surface area (Å²) in [6.07, 6.45) is 6.67. The maximum atomic E-state index is 6.13. The summed E-state index contributed by atoms with van der Waals surface area (Å²) in [6.45, 7) is 7.83.